The Balaban J connectivity index is 0.00000218. The van der Waals surface area contributed by atoms with Gasteiger partial charge in [-0.05, 0) is 44.0 Å². The highest BCUT2D eigenvalue weighted by atomic mass is 35.5. The van der Waals surface area contributed by atoms with Crippen LogP contribution in [0.25, 0.3) is 11.1 Å². The SMILES string of the molecule is Cc1ccc(CN2CCC(c3nnc4n3CCNC4)CC2)c(-c2cnn(C)c2)c1.Cl. The van der Waals surface area contributed by atoms with Crippen molar-refractivity contribution in [1.29, 1.82) is 0 Å². The number of nitrogens with zero attached hydrogens (tertiary/aromatic N) is 6. The third kappa shape index (κ3) is 4.15. The van der Waals surface area contributed by atoms with E-state index in [-0.39, 0.29) is 12.4 Å². The summed E-state index contributed by atoms with van der Waals surface area (Å²) in [5.41, 5.74) is 5.18. The van der Waals surface area contributed by atoms with Crippen LogP contribution in [0.5, 0.6) is 0 Å². The predicted octanol–water partition coefficient (Wildman–Crippen LogP) is 2.89. The lowest BCUT2D eigenvalue weighted by Crippen LogP contribution is -2.34. The van der Waals surface area contributed by atoms with Crippen molar-refractivity contribution >= 4 is 12.4 Å². The number of halogens is 1. The fourth-order valence-corrected chi connectivity index (χ4v) is 4.66. The normalized spacial score (nSPS) is 17.5. The van der Waals surface area contributed by atoms with Gasteiger partial charge in [0.2, 0.25) is 0 Å². The van der Waals surface area contributed by atoms with Crippen LogP contribution in [0.2, 0.25) is 0 Å². The summed E-state index contributed by atoms with van der Waals surface area (Å²) in [5.74, 6) is 2.82. The van der Waals surface area contributed by atoms with Gasteiger partial charge in [0, 0.05) is 44.4 Å². The Hall–Kier alpha value is -2.22. The molecule has 0 spiro atoms. The Kier molecular flexibility index (Phi) is 6.22. The maximum Gasteiger partial charge on any atom is 0.147 e. The average Bonchev–Trinajstić information content (AvgIpc) is 3.36. The molecule has 2 aromatic heterocycles. The van der Waals surface area contributed by atoms with Gasteiger partial charge < -0.3 is 9.88 Å². The second-order valence-electron chi connectivity index (χ2n) is 8.42. The molecule has 30 heavy (non-hydrogen) atoms. The Bertz CT molecular complexity index is 1000. The standard InChI is InChI=1S/C22H29N7.ClH/c1-16-3-4-18(20(11-16)19-12-24-27(2)14-19)15-28-8-5-17(6-9-28)22-26-25-21-13-23-7-10-29(21)22;/h3-4,11-12,14,17,23H,5-10,13,15H2,1-2H3;1H. The lowest BCUT2D eigenvalue weighted by Gasteiger charge is -2.32. The van der Waals surface area contributed by atoms with Gasteiger partial charge in [0.25, 0.3) is 0 Å². The average molecular weight is 428 g/mol. The summed E-state index contributed by atoms with van der Waals surface area (Å²) in [7, 11) is 1.98. The van der Waals surface area contributed by atoms with Crippen molar-refractivity contribution in [3.8, 4) is 11.1 Å². The van der Waals surface area contributed by atoms with E-state index in [4.69, 9.17) is 0 Å². The molecule has 1 N–H and O–H groups in total. The van der Waals surface area contributed by atoms with Crippen molar-refractivity contribution < 1.29 is 0 Å². The molecule has 160 valence electrons. The fraction of sp³-hybridized carbons (Fsp3) is 0.500. The minimum absolute atomic E-state index is 0. The summed E-state index contributed by atoms with van der Waals surface area (Å²) in [6.45, 7) is 8.20. The van der Waals surface area contributed by atoms with E-state index < -0.39 is 0 Å². The number of hydrogen-bond donors (Lipinski definition) is 1. The monoisotopic (exact) mass is 427 g/mol. The molecule has 0 atom stereocenters. The van der Waals surface area contributed by atoms with E-state index >= 15 is 0 Å². The Morgan fingerprint density at radius 3 is 2.73 bits per heavy atom. The number of rotatable bonds is 4. The van der Waals surface area contributed by atoms with E-state index in [1.165, 1.54) is 28.1 Å². The maximum atomic E-state index is 4.54. The van der Waals surface area contributed by atoms with Crippen LogP contribution in [0.15, 0.2) is 30.6 Å². The topological polar surface area (TPSA) is 63.8 Å². The smallest absolute Gasteiger partial charge is 0.147 e. The minimum atomic E-state index is 0. The summed E-state index contributed by atoms with van der Waals surface area (Å²) in [4.78, 5) is 2.58. The first-order valence-electron chi connectivity index (χ1n) is 10.6. The van der Waals surface area contributed by atoms with Crippen LogP contribution < -0.4 is 5.32 Å². The fourth-order valence-electron chi connectivity index (χ4n) is 4.66. The lowest BCUT2D eigenvalue weighted by atomic mass is 9.94. The second-order valence-corrected chi connectivity index (χ2v) is 8.42. The molecule has 3 aromatic rings. The third-order valence-electron chi connectivity index (χ3n) is 6.28. The van der Waals surface area contributed by atoms with E-state index in [0.29, 0.717) is 5.92 Å². The molecule has 1 fully saturated rings. The highest BCUT2D eigenvalue weighted by Gasteiger charge is 2.27. The zero-order valence-electron chi connectivity index (χ0n) is 17.7. The van der Waals surface area contributed by atoms with Gasteiger partial charge in [0.15, 0.2) is 0 Å². The third-order valence-corrected chi connectivity index (χ3v) is 6.28. The molecule has 0 unspecified atom stereocenters. The van der Waals surface area contributed by atoms with E-state index in [2.05, 4.69) is 61.4 Å². The van der Waals surface area contributed by atoms with Crippen molar-refractivity contribution in [2.45, 2.75) is 45.3 Å². The Morgan fingerprint density at radius 1 is 1.13 bits per heavy atom. The number of piperidine rings is 1. The number of aryl methyl sites for hydroxylation is 2. The zero-order valence-corrected chi connectivity index (χ0v) is 18.5. The molecule has 8 heteroatoms. The van der Waals surface area contributed by atoms with Gasteiger partial charge >= 0.3 is 0 Å². The molecule has 2 aliphatic rings. The molecular weight excluding hydrogens is 398 g/mol. The first kappa shape index (κ1) is 21.0. The van der Waals surface area contributed by atoms with Crippen LogP contribution in [-0.4, -0.2) is 49.1 Å². The van der Waals surface area contributed by atoms with Gasteiger partial charge in [-0.25, -0.2) is 0 Å². The summed E-state index contributed by atoms with van der Waals surface area (Å²) in [6.07, 6.45) is 6.38. The lowest BCUT2D eigenvalue weighted by molar-refractivity contribution is 0.199. The molecular formula is C22H30ClN7. The molecule has 2 aliphatic heterocycles. The summed E-state index contributed by atoms with van der Waals surface area (Å²) in [5, 5.41) is 16.7. The van der Waals surface area contributed by atoms with E-state index in [1.54, 1.807) is 0 Å². The van der Waals surface area contributed by atoms with Crippen LogP contribution in [0.3, 0.4) is 0 Å². The quantitative estimate of drug-likeness (QED) is 0.693. The largest absolute Gasteiger partial charge is 0.312 e. The van der Waals surface area contributed by atoms with E-state index in [9.17, 15) is 0 Å². The van der Waals surface area contributed by atoms with E-state index in [1.807, 2.05) is 17.9 Å². The number of nitrogens with one attached hydrogen (secondary N) is 1. The predicted molar refractivity (Wildman–Crippen MR) is 120 cm³/mol. The molecule has 1 saturated heterocycles. The molecule has 7 nitrogen and oxygen atoms in total. The van der Waals surface area contributed by atoms with Crippen molar-refractivity contribution in [3.63, 3.8) is 0 Å². The molecule has 0 aliphatic carbocycles. The zero-order chi connectivity index (χ0) is 19.8. The van der Waals surface area contributed by atoms with Crippen molar-refractivity contribution in [1.82, 2.24) is 34.8 Å². The molecule has 0 saturated carbocycles. The highest BCUT2D eigenvalue weighted by Crippen LogP contribution is 2.31. The summed E-state index contributed by atoms with van der Waals surface area (Å²) >= 11 is 0. The highest BCUT2D eigenvalue weighted by molar-refractivity contribution is 5.85. The molecule has 0 radical (unpaired) electrons. The minimum Gasteiger partial charge on any atom is -0.312 e. The summed E-state index contributed by atoms with van der Waals surface area (Å²) in [6, 6.07) is 6.79. The first-order chi connectivity index (χ1) is 14.2. The van der Waals surface area contributed by atoms with Gasteiger partial charge in [0.1, 0.15) is 11.6 Å². The number of fused-ring (bicyclic) bond motifs is 1. The van der Waals surface area contributed by atoms with Gasteiger partial charge in [0.05, 0.1) is 12.7 Å². The van der Waals surface area contributed by atoms with Crippen LogP contribution in [0.4, 0.5) is 0 Å². The van der Waals surface area contributed by atoms with Crippen LogP contribution in [0, 0.1) is 6.92 Å². The molecule has 5 rings (SSSR count). The Labute approximate surface area is 183 Å². The van der Waals surface area contributed by atoms with Gasteiger partial charge in [-0.15, -0.1) is 22.6 Å². The Morgan fingerprint density at radius 2 is 1.97 bits per heavy atom. The maximum absolute atomic E-state index is 4.54. The number of hydrogen-bond acceptors (Lipinski definition) is 5. The van der Waals surface area contributed by atoms with Gasteiger partial charge in [-0.3, -0.25) is 9.58 Å². The van der Waals surface area contributed by atoms with Crippen molar-refractivity contribution in [2.24, 2.45) is 7.05 Å². The first-order valence-corrected chi connectivity index (χ1v) is 10.6. The number of aromatic nitrogens is 5. The van der Waals surface area contributed by atoms with Gasteiger partial charge in [-0.1, -0.05) is 23.8 Å². The van der Waals surface area contributed by atoms with E-state index in [0.717, 1.165) is 57.9 Å². The van der Waals surface area contributed by atoms with Crippen LogP contribution in [0.1, 0.15) is 41.5 Å². The van der Waals surface area contributed by atoms with Crippen LogP contribution in [-0.2, 0) is 26.7 Å². The number of benzene rings is 1. The second kappa shape index (κ2) is 8.88. The van der Waals surface area contributed by atoms with Crippen LogP contribution >= 0.6 is 12.4 Å². The van der Waals surface area contributed by atoms with Crippen molar-refractivity contribution in [2.75, 3.05) is 19.6 Å². The molecule has 1 aromatic carbocycles. The molecule has 0 bridgehead atoms. The van der Waals surface area contributed by atoms with Gasteiger partial charge in [-0.2, -0.15) is 5.10 Å². The molecule has 0 amide bonds. The molecule has 4 heterocycles. The number of likely N-dealkylation sites (tertiary alicyclic amines) is 1. The van der Waals surface area contributed by atoms with Crippen molar-refractivity contribution in [3.05, 3.63) is 53.4 Å². The summed E-state index contributed by atoms with van der Waals surface area (Å²) < 4.78 is 4.22.